The number of nitrogens with zero attached hydrogens (tertiary/aromatic N) is 5. The van der Waals surface area contributed by atoms with Crippen LogP contribution in [0.5, 0.6) is 0 Å². The van der Waals surface area contributed by atoms with Crippen LogP contribution in [0.2, 0.25) is 5.02 Å². The number of nitriles is 1. The average molecular weight is 445 g/mol. The Morgan fingerprint density at radius 2 is 2.13 bits per heavy atom. The first-order chi connectivity index (χ1) is 14.5. The predicted molar refractivity (Wildman–Crippen MR) is 110 cm³/mol. The Kier molecular flexibility index (Phi) is 5.92. The van der Waals surface area contributed by atoms with E-state index in [1.54, 1.807) is 37.1 Å². The number of aromatic amines is 1. The van der Waals surface area contributed by atoms with Crippen LogP contribution in [0.4, 0.5) is 4.39 Å². The lowest BCUT2D eigenvalue weighted by Crippen LogP contribution is -2.53. The first kappa shape index (κ1) is 22.1. The van der Waals surface area contributed by atoms with E-state index in [2.05, 4.69) is 15.1 Å². The van der Waals surface area contributed by atoms with Gasteiger partial charge in [-0.15, -0.1) is 0 Å². The van der Waals surface area contributed by atoms with Crippen molar-refractivity contribution in [1.29, 1.82) is 5.26 Å². The molecule has 0 fully saturated rings. The summed E-state index contributed by atoms with van der Waals surface area (Å²) in [6, 6.07) is 5.88. The fourth-order valence-electron chi connectivity index (χ4n) is 2.97. The summed E-state index contributed by atoms with van der Waals surface area (Å²) in [4.78, 5) is 30.7. The van der Waals surface area contributed by atoms with Gasteiger partial charge in [0.15, 0.2) is 11.5 Å². The van der Waals surface area contributed by atoms with Crippen molar-refractivity contribution < 1.29 is 18.5 Å². The van der Waals surface area contributed by atoms with Crippen LogP contribution in [0.25, 0.3) is 11.3 Å². The summed E-state index contributed by atoms with van der Waals surface area (Å²) in [5.74, 6) is -1.85. The lowest BCUT2D eigenvalue weighted by Gasteiger charge is -2.32. The number of imidazole rings is 1. The molecule has 0 aliphatic heterocycles. The molecule has 9 nitrogen and oxygen atoms in total. The van der Waals surface area contributed by atoms with Gasteiger partial charge < -0.3 is 10.7 Å². The molecule has 0 aliphatic rings. The lowest BCUT2D eigenvalue weighted by atomic mass is 10.1. The number of hydrogen-bond acceptors (Lipinski definition) is 5. The zero-order chi connectivity index (χ0) is 22.9. The number of rotatable bonds is 6. The molecule has 1 atom stereocenters. The molecule has 0 radical (unpaired) electrons. The fraction of sp³-hybridized carbons (Fsp3) is 0.250. The Bertz CT molecular complexity index is 1190. The van der Waals surface area contributed by atoms with E-state index < -0.39 is 11.7 Å². The summed E-state index contributed by atoms with van der Waals surface area (Å²) >= 11 is 5.98. The highest BCUT2D eigenvalue weighted by Crippen LogP contribution is 2.27. The van der Waals surface area contributed by atoms with Gasteiger partial charge in [0.2, 0.25) is 0 Å². The van der Waals surface area contributed by atoms with Crippen molar-refractivity contribution in [1.82, 2.24) is 19.7 Å². The maximum Gasteiger partial charge on any atom is 0.365 e. The number of hydrogen-bond donors (Lipinski definition) is 2. The number of H-pyrrole nitrogens is 1. The smallest absolute Gasteiger partial charge is 0.363 e. The maximum atomic E-state index is 14.1. The largest absolute Gasteiger partial charge is 0.365 e. The predicted octanol–water partition coefficient (Wildman–Crippen LogP) is 2.34. The number of halogens is 2. The SMILES string of the molecule is C[C@@H](Cn1ccc(-c2cc(F)c(C#N)c(Cl)c2)n1)[N+](C)(C)C(=O)c1c[nH]c(C(N)=O)n1. The summed E-state index contributed by atoms with van der Waals surface area (Å²) in [5.41, 5.74) is 5.98. The molecule has 2 amide bonds. The van der Waals surface area contributed by atoms with Gasteiger partial charge in [0.1, 0.15) is 23.5 Å². The molecule has 0 saturated heterocycles. The van der Waals surface area contributed by atoms with Crippen LogP contribution in [-0.4, -0.2) is 56.2 Å². The third-order valence-electron chi connectivity index (χ3n) is 5.20. The molecular weight excluding hydrogens is 425 g/mol. The highest BCUT2D eigenvalue weighted by Gasteiger charge is 2.36. The molecule has 3 aromatic rings. The van der Waals surface area contributed by atoms with Gasteiger partial charge in [0.05, 0.1) is 31.4 Å². The third-order valence-corrected chi connectivity index (χ3v) is 5.50. The minimum absolute atomic E-state index is 0.0122. The second-order valence-electron chi connectivity index (χ2n) is 7.54. The van der Waals surface area contributed by atoms with Crippen molar-refractivity contribution in [2.24, 2.45) is 5.73 Å². The first-order valence-corrected chi connectivity index (χ1v) is 9.59. The molecule has 0 saturated carbocycles. The van der Waals surface area contributed by atoms with Crippen molar-refractivity contribution in [3.05, 3.63) is 58.5 Å². The molecule has 0 aliphatic carbocycles. The lowest BCUT2D eigenvalue weighted by molar-refractivity contribution is -0.834. The number of nitrogens with two attached hydrogens (primary N) is 1. The molecule has 3 N–H and O–H groups in total. The van der Waals surface area contributed by atoms with Gasteiger partial charge in [-0.05, 0) is 25.1 Å². The number of nitrogens with one attached hydrogen (secondary N) is 1. The molecule has 0 unspecified atom stereocenters. The van der Waals surface area contributed by atoms with Gasteiger partial charge in [0, 0.05) is 18.0 Å². The summed E-state index contributed by atoms with van der Waals surface area (Å²) in [7, 11) is 3.46. The number of carbonyl (C=O) groups is 2. The molecule has 31 heavy (non-hydrogen) atoms. The average Bonchev–Trinajstić information content (AvgIpc) is 3.37. The summed E-state index contributed by atoms with van der Waals surface area (Å²) in [5, 5.41) is 13.4. The van der Waals surface area contributed by atoms with Crippen LogP contribution in [0.1, 0.15) is 33.6 Å². The fourth-order valence-corrected chi connectivity index (χ4v) is 3.22. The van der Waals surface area contributed by atoms with Crippen LogP contribution in [-0.2, 0) is 6.54 Å². The van der Waals surface area contributed by atoms with E-state index in [0.29, 0.717) is 17.8 Å². The van der Waals surface area contributed by atoms with E-state index in [0.717, 1.165) is 0 Å². The van der Waals surface area contributed by atoms with Crippen molar-refractivity contribution in [3.8, 4) is 17.3 Å². The molecule has 2 aromatic heterocycles. The zero-order valence-electron chi connectivity index (χ0n) is 17.1. The second-order valence-corrected chi connectivity index (χ2v) is 7.95. The monoisotopic (exact) mass is 444 g/mol. The number of benzene rings is 1. The highest BCUT2D eigenvalue weighted by molar-refractivity contribution is 6.32. The molecule has 160 valence electrons. The molecule has 11 heteroatoms. The topological polar surface area (TPSA) is 130 Å². The van der Waals surface area contributed by atoms with E-state index in [1.807, 2.05) is 6.92 Å². The van der Waals surface area contributed by atoms with Gasteiger partial charge in [-0.2, -0.15) is 10.4 Å². The van der Waals surface area contributed by atoms with E-state index in [-0.39, 0.29) is 38.5 Å². The van der Waals surface area contributed by atoms with E-state index >= 15 is 0 Å². The van der Waals surface area contributed by atoms with Crippen LogP contribution >= 0.6 is 11.6 Å². The zero-order valence-corrected chi connectivity index (χ0v) is 17.8. The van der Waals surface area contributed by atoms with E-state index in [1.165, 1.54) is 18.3 Å². The molecule has 0 spiro atoms. The number of likely N-dealkylation sites (N-methyl/N-ethyl adjacent to an activating group) is 1. The van der Waals surface area contributed by atoms with Crippen molar-refractivity contribution in [2.75, 3.05) is 14.1 Å². The van der Waals surface area contributed by atoms with Gasteiger partial charge in [0.25, 0.3) is 5.91 Å². The highest BCUT2D eigenvalue weighted by atomic mass is 35.5. The Morgan fingerprint density at radius 3 is 2.71 bits per heavy atom. The third kappa shape index (κ3) is 4.33. The van der Waals surface area contributed by atoms with Gasteiger partial charge in [-0.1, -0.05) is 11.6 Å². The summed E-state index contributed by atoms with van der Waals surface area (Å²) < 4.78 is 15.6. The standard InChI is InChI=1S/C20H19ClFN7O2/c1-11(29(2,3)20(31)17-9-25-19(26-17)18(24)30)10-28-5-4-16(27-28)12-6-14(21)13(8-23)15(22)7-12/h4-7,9,11H,10H2,1-3H3,(H2-,24,25,26,30,31)/p+1/t11-/m0/s1. The van der Waals surface area contributed by atoms with Gasteiger partial charge >= 0.3 is 5.91 Å². The van der Waals surface area contributed by atoms with Gasteiger partial charge in [-0.25, -0.2) is 14.2 Å². The number of quaternary nitrogens is 1. The van der Waals surface area contributed by atoms with Crippen LogP contribution in [0.3, 0.4) is 0 Å². The molecule has 1 aromatic carbocycles. The molecule has 3 rings (SSSR count). The van der Waals surface area contributed by atoms with Crippen LogP contribution in [0.15, 0.2) is 30.6 Å². The summed E-state index contributed by atoms with van der Waals surface area (Å²) in [6.45, 7) is 2.25. The Hall–Kier alpha value is -3.55. The Morgan fingerprint density at radius 1 is 1.42 bits per heavy atom. The van der Waals surface area contributed by atoms with Crippen molar-refractivity contribution in [2.45, 2.75) is 19.5 Å². The van der Waals surface area contributed by atoms with Crippen molar-refractivity contribution >= 4 is 23.4 Å². The Labute approximate surface area is 182 Å². The first-order valence-electron chi connectivity index (χ1n) is 9.21. The van der Waals surface area contributed by atoms with Crippen molar-refractivity contribution in [3.63, 3.8) is 0 Å². The van der Waals surface area contributed by atoms with Gasteiger partial charge in [-0.3, -0.25) is 14.0 Å². The number of carbonyl (C=O) groups excluding carboxylic acids is 2. The normalized spacial score (nSPS) is 12.4. The molecular formula is C20H20ClFN7O2+. The van der Waals surface area contributed by atoms with E-state index in [9.17, 15) is 14.0 Å². The molecule has 0 bridgehead atoms. The number of aromatic nitrogens is 4. The van der Waals surface area contributed by atoms with Crippen LogP contribution < -0.4 is 5.73 Å². The Balaban J connectivity index is 1.78. The maximum absolute atomic E-state index is 14.1. The quantitative estimate of drug-likeness (QED) is 0.563. The minimum atomic E-state index is -0.749. The molecule has 2 heterocycles. The summed E-state index contributed by atoms with van der Waals surface area (Å²) in [6.07, 6.45) is 3.06. The second kappa shape index (κ2) is 8.29. The van der Waals surface area contributed by atoms with E-state index in [4.69, 9.17) is 22.6 Å². The number of primary amides is 1. The number of amides is 2. The van der Waals surface area contributed by atoms with Crippen LogP contribution in [0, 0.1) is 17.1 Å². The minimum Gasteiger partial charge on any atom is -0.363 e.